The van der Waals surface area contributed by atoms with Crippen molar-refractivity contribution in [3.05, 3.63) is 0 Å². The first-order chi connectivity index (χ1) is 14.4. The van der Waals surface area contributed by atoms with Gasteiger partial charge in [0.05, 0.1) is 6.10 Å². The molecule has 30 heavy (non-hydrogen) atoms. The van der Waals surface area contributed by atoms with E-state index in [4.69, 9.17) is 14.2 Å². The van der Waals surface area contributed by atoms with E-state index in [1.807, 2.05) is 0 Å². The summed E-state index contributed by atoms with van der Waals surface area (Å²) < 4.78 is 18.1. The Balaban J connectivity index is 1.26. The predicted molar refractivity (Wildman–Crippen MR) is 116 cm³/mol. The van der Waals surface area contributed by atoms with E-state index in [1.54, 1.807) is 6.92 Å². The first kappa shape index (κ1) is 21.2. The van der Waals surface area contributed by atoms with Gasteiger partial charge in [-0.1, -0.05) is 13.8 Å². The van der Waals surface area contributed by atoms with Crippen molar-refractivity contribution >= 4 is 5.97 Å². The zero-order valence-corrected chi connectivity index (χ0v) is 19.4. The molecule has 4 saturated carbocycles. The van der Waals surface area contributed by atoms with Gasteiger partial charge in [0.15, 0.2) is 6.29 Å². The summed E-state index contributed by atoms with van der Waals surface area (Å²) in [6.07, 6.45) is 15.4. The first-order valence-corrected chi connectivity index (χ1v) is 12.8. The summed E-state index contributed by atoms with van der Waals surface area (Å²) in [5.74, 6) is 3.11. The van der Waals surface area contributed by atoms with Crippen molar-refractivity contribution in [1.82, 2.24) is 0 Å². The molecule has 0 radical (unpaired) electrons. The molecule has 0 bridgehead atoms. The molecule has 9 atom stereocenters. The molecule has 5 aliphatic rings. The van der Waals surface area contributed by atoms with Crippen LogP contribution in [0, 0.1) is 34.5 Å². The fourth-order valence-electron chi connectivity index (χ4n) is 8.72. The van der Waals surface area contributed by atoms with Crippen LogP contribution in [0.2, 0.25) is 0 Å². The zero-order valence-electron chi connectivity index (χ0n) is 19.4. The fraction of sp³-hybridized carbons (Fsp3) is 0.962. The lowest BCUT2D eigenvalue weighted by atomic mass is 9.45. The van der Waals surface area contributed by atoms with Crippen molar-refractivity contribution in [2.24, 2.45) is 34.5 Å². The molecule has 4 heteroatoms. The van der Waals surface area contributed by atoms with Crippen molar-refractivity contribution in [3.63, 3.8) is 0 Å². The minimum absolute atomic E-state index is 0.0523. The molecule has 4 nitrogen and oxygen atoms in total. The lowest BCUT2D eigenvalue weighted by molar-refractivity contribution is -0.212. The number of hydrogen-bond donors (Lipinski definition) is 0. The minimum Gasteiger partial charge on any atom is -0.462 e. The smallest absolute Gasteiger partial charge is 0.302 e. The molecule has 170 valence electrons. The summed E-state index contributed by atoms with van der Waals surface area (Å²) in [5.41, 5.74) is 0.672. The molecule has 1 aliphatic heterocycles. The van der Waals surface area contributed by atoms with Crippen LogP contribution in [0.4, 0.5) is 0 Å². The van der Waals surface area contributed by atoms with E-state index in [1.165, 1.54) is 64.2 Å². The Morgan fingerprint density at radius 1 is 0.900 bits per heavy atom. The van der Waals surface area contributed by atoms with Crippen LogP contribution in [0.25, 0.3) is 0 Å². The highest BCUT2D eigenvalue weighted by atomic mass is 16.7. The average Bonchev–Trinajstić information content (AvgIpc) is 3.05. The van der Waals surface area contributed by atoms with Crippen molar-refractivity contribution < 1.29 is 19.0 Å². The van der Waals surface area contributed by atoms with Gasteiger partial charge in [-0.15, -0.1) is 0 Å². The van der Waals surface area contributed by atoms with Crippen LogP contribution in [0.15, 0.2) is 0 Å². The Bertz CT molecular complexity index is 643. The highest BCUT2D eigenvalue weighted by Crippen LogP contribution is 2.66. The summed E-state index contributed by atoms with van der Waals surface area (Å²) in [6, 6.07) is 0. The molecule has 0 amide bonds. The number of ether oxygens (including phenoxy) is 3. The molecule has 1 heterocycles. The predicted octanol–water partition coefficient (Wildman–Crippen LogP) is 5.87. The summed E-state index contributed by atoms with van der Waals surface area (Å²) in [7, 11) is 0. The summed E-state index contributed by atoms with van der Waals surface area (Å²) in [4.78, 5) is 11.7. The third-order valence-corrected chi connectivity index (χ3v) is 10.3. The van der Waals surface area contributed by atoms with Crippen LogP contribution in [0.5, 0.6) is 0 Å². The summed E-state index contributed by atoms with van der Waals surface area (Å²) in [6.45, 7) is 7.49. The normalized spacial score (nSPS) is 50.8. The standard InChI is InChI=1S/C26H42O4/c1-17(27)29-23-10-9-21-20-8-7-18-16-19(30-24-6-4-5-15-28-24)11-13-25(18,2)22(20)12-14-26(21,23)3/h18-24H,4-16H2,1-3H3/t18-,19-,20+,21+,22+,23+,24-,25-,26-/m0/s1. The third-order valence-electron chi connectivity index (χ3n) is 10.3. The maximum atomic E-state index is 11.7. The van der Waals surface area contributed by atoms with E-state index in [-0.39, 0.29) is 23.8 Å². The Kier molecular flexibility index (Phi) is 5.71. The molecular formula is C26H42O4. The fourth-order valence-corrected chi connectivity index (χ4v) is 8.72. The molecule has 1 saturated heterocycles. The quantitative estimate of drug-likeness (QED) is 0.424. The van der Waals surface area contributed by atoms with Crippen LogP contribution in [-0.2, 0) is 19.0 Å². The Labute approximate surface area is 182 Å². The molecular weight excluding hydrogens is 376 g/mol. The highest BCUT2D eigenvalue weighted by molar-refractivity contribution is 5.66. The van der Waals surface area contributed by atoms with Gasteiger partial charge in [-0.25, -0.2) is 0 Å². The number of carbonyl (C=O) groups is 1. The molecule has 0 unspecified atom stereocenters. The maximum absolute atomic E-state index is 11.7. The number of rotatable bonds is 3. The number of carbonyl (C=O) groups excluding carboxylic acids is 1. The Morgan fingerprint density at radius 3 is 2.47 bits per heavy atom. The number of hydrogen-bond acceptors (Lipinski definition) is 4. The van der Waals surface area contributed by atoms with E-state index >= 15 is 0 Å². The van der Waals surface area contributed by atoms with Crippen molar-refractivity contribution in [2.75, 3.05) is 6.61 Å². The van der Waals surface area contributed by atoms with Crippen molar-refractivity contribution in [1.29, 1.82) is 0 Å². The van der Waals surface area contributed by atoms with Crippen LogP contribution in [0.3, 0.4) is 0 Å². The van der Waals surface area contributed by atoms with E-state index in [0.717, 1.165) is 43.1 Å². The van der Waals surface area contributed by atoms with Gasteiger partial charge in [-0.2, -0.15) is 0 Å². The minimum atomic E-state index is -0.0973. The molecule has 0 aromatic heterocycles. The largest absolute Gasteiger partial charge is 0.462 e. The maximum Gasteiger partial charge on any atom is 0.302 e. The Morgan fingerprint density at radius 2 is 1.70 bits per heavy atom. The van der Waals surface area contributed by atoms with Gasteiger partial charge < -0.3 is 14.2 Å². The first-order valence-electron chi connectivity index (χ1n) is 12.8. The van der Waals surface area contributed by atoms with Crippen LogP contribution in [-0.4, -0.2) is 31.1 Å². The molecule has 5 fully saturated rings. The Hall–Kier alpha value is -0.610. The van der Waals surface area contributed by atoms with Crippen LogP contribution < -0.4 is 0 Å². The van der Waals surface area contributed by atoms with Gasteiger partial charge in [0.25, 0.3) is 0 Å². The molecule has 0 spiro atoms. The second kappa shape index (κ2) is 8.06. The van der Waals surface area contributed by atoms with Gasteiger partial charge in [-0.05, 0) is 106 Å². The molecule has 5 rings (SSSR count). The van der Waals surface area contributed by atoms with E-state index in [0.29, 0.717) is 11.5 Å². The lowest BCUT2D eigenvalue weighted by Crippen LogP contribution is -2.55. The third kappa shape index (κ3) is 3.54. The van der Waals surface area contributed by atoms with Gasteiger partial charge in [0.1, 0.15) is 6.10 Å². The molecule has 0 N–H and O–H groups in total. The van der Waals surface area contributed by atoms with E-state index in [2.05, 4.69) is 13.8 Å². The van der Waals surface area contributed by atoms with Crippen molar-refractivity contribution in [2.45, 2.75) is 116 Å². The second-order valence-corrected chi connectivity index (χ2v) is 11.7. The van der Waals surface area contributed by atoms with E-state index < -0.39 is 0 Å². The summed E-state index contributed by atoms with van der Waals surface area (Å²) >= 11 is 0. The molecule has 0 aromatic carbocycles. The summed E-state index contributed by atoms with van der Waals surface area (Å²) in [5, 5.41) is 0. The van der Waals surface area contributed by atoms with Gasteiger partial charge in [0, 0.05) is 18.9 Å². The van der Waals surface area contributed by atoms with Crippen LogP contribution >= 0.6 is 0 Å². The number of esters is 1. The van der Waals surface area contributed by atoms with Gasteiger partial charge in [0.2, 0.25) is 0 Å². The number of fused-ring (bicyclic) bond motifs is 5. The zero-order chi connectivity index (χ0) is 20.9. The van der Waals surface area contributed by atoms with E-state index in [9.17, 15) is 4.79 Å². The lowest BCUT2D eigenvalue weighted by Gasteiger charge is -2.61. The average molecular weight is 419 g/mol. The van der Waals surface area contributed by atoms with Crippen molar-refractivity contribution in [3.8, 4) is 0 Å². The second-order valence-electron chi connectivity index (χ2n) is 11.7. The molecule has 0 aromatic rings. The molecule has 4 aliphatic carbocycles. The SMILES string of the molecule is CC(=O)O[C@@H]1CC[C@@H]2[C@H]3CC[C@H]4C[C@@H](O[C@H]5CCCCO5)CC[C@]4(C)[C@@H]3CC[C@@]21C. The monoisotopic (exact) mass is 418 g/mol. The van der Waals surface area contributed by atoms with Gasteiger partial charge in [-0.3, -0.25) is 4.79 Å². The van der Waals surface area contributed by atoms with Crippen LogP contribution in [0.1, 0.15) is 97.8 Å². The topological polar surface area (TPSA) is 44.8 Å². The highest BCUT2D eigenvalue weighted by Gasteiger charge is 2.61. The van der Waals surface area contributed by atoms with Gasteiger partial charge >= 0.3 is 5.97 Å².